The van der Waals surface area contributed by atoms with Gasteiger partial charge in [-0.2, -0.15) is 5.26 Å². The first-order chi connectivity index (χ1) is 11.8. The zero-order valence-electron chi connectivity index (χ0n) is 12.9. The minimum Gasteiger partial charge on any atom is -0.494 e. The molecule has 0 spiro atoms. The molecular weight excluding hydrogens is 340 g/mol. The summed E-state index contributed by atoms with van der Waals surface area (Å²) in [6, 6.07) is 17.8. The summed E-state index contributed by atoms with van der Waals surface area (Å²) in [5.41, 5.74) is 1.91. The number of unbranched alkanes of at least 4 members (excludes halogenated alkanes) is 1. The van der Waals surface area contributed by atoms with Crippen molar-refractivity contribution in [2.45, 2.75) is 12.8 Å². The first-order valence-electron chi connectivity index (χ1n) is 7.59. The van der Waals surface area contributed by atoms with Crippen LogP contribution in [-0.4, -0.2) is 11.6 Å². The van der Waals surface area contributed by atoms with Crippen molar-refractivity contribution < 1.29 is 4.74 Å². The molecule has 0 bridgehead atoms. The molecule has 1 heterocycles. The molecule has 1 aromatic heterocycles. The number of hydrogen-bond donors (Lipinski definition) is 0. The number of para-hydroxylation sites is 1. The minimum atomic E-state index is 0.503. The summed E-state index contributed by atoms with van der Waals surface area (Å²) in [6.07, 6.45) is 3.12. The van der Waals surface area contributed by atoms with E-state index in [1.165, 1.54) is 0 Å². The summed E-state index contributed by atoms with van der Waals surface area (Å²) < 4.78 is 6.77. The van der Waals surface area contributed by atoms with Gasteiger partial charge in [0.25, 0.3) is 0 Å². The van der Waals surface area contributed by atoms with Gasteiger partial charge in [-0.05, 0) is 42.3 Å². The van der Waals surface area contributed by atoms with Crippen molar-refractivity contribution in [2.24, 2.45) is 0 Å². The maximum absolute atomic E-state index is 8.53. The largest absolute Gasteiger partial charge is 0.494 e. The van der Waals surface area contributed by atoms with Crippen molar-refractivity contribution in [2.75, 3.05) is 6.61 Å². The van der Waals surface area contributed by atoms with E-state index in [1.807, 2.05) is 54.6 Å². The zero-order valence-corrected chi connectivity index (χ0v) is 14.5. The molecule has 0 N–H and O–H groups in total. The molecule has 0 aliphatic carbocycles. The van der Waals surface area contributed by atoms with Crippen LogP contribution in [0.3, 0.4) is 0 Å². The number of nitriles is 1. The van der Waals surface area contributed by atoms with Crippen molar-refractivity contribution in [1.29, 1.82) is 5.26 Å². The van der Waals surface area contributed by atoms with Gasteiger partial charge in [-0.25, -0.2) is 4.98 Å². The van der Waals surface area contributed by atoms with Gasteiger partial charge in [0, 0.05) is 6.42 Å². The Bertz CT molecular complexity index is 878. The third-order valence-electron chi connectivity index (χ3n) is 3.35. The molecule has 3 nitrogen and oxygen atoms in total. The van der Waals surface area contributed by atoms with Gasteiger partial charge >= 0.3 is 0 Å². The Morgan fingerprint density at radius 1 is 1.25 bits per heavy atom. The number of ether oxygens (including phenoxy) is 1. The molecule has 0 aliphatic rings. The van der Waals surface area contributed by atoms with Crippen molar-refractivity contribution in [3.05, 3.63) is 59.1 Å². The third-order valence-corrected chi connectivity index (χ3v) is 4.82. The second kappa shape index (κ2) is 7.96. The highest BCUT2D eigenvalue weighted by Crippen LogP contribution is 2.30. The van der Waals surface area contributed by atoms with E-state index in [9.17, 15) is 0 Å². The second-order valence-electron chi connectivity index (χ2n) is 5.16. The summed E-state index contributed by atoms with van der Waals surface area (Å²) in [5.74, 6) is 0.774. The fourth-order valence-electron chi connectivity index (χ4n) is 2.22. The highest BCUT2D eigenvalue weighted by Gasteiger charge is 2.07. The smallest absolute Gasteiger partial charge is 0.136 e. The Labute approximate surface area is 149 Å². The van der Waals surface area contributed by atoms with E-state index in [-0.39, 0.29) is 0 Å². The van der Waals surface area contributed by atoms with Gasteiger partial charge in [0.05, 0.1) is 27.9 Å². The van der Waals surface area contributed by atoms with Gasteiger partial charge in [0.15, 0.2) is 0 Å². The Morgan fingerprint density at radius 3 is 2.96 bits per heavy atom. The van der Waals surface area contributed by atoms with Gasteiger partial charge < -0.3 is 4.74 Å². The van der Waals surface area contributed by atoms with Crippen molar-refractivity contribution in [3.8, 4) is 11.8 Å². The predicted molar refractivity (Wildman–Crippen MR) is 100 cm³/mol. The molecule has 3 rings (SSSR count). The van der Waals surface area contributed by atoms with Crippen molar-refractivity contribution in [1.82, 2.24) is 4.98 Å². The standard InChI is InChI=1S/C19H15ClN2OS/c20-16(19-22-17-8-1-2-9-18(17)24-19)13-14-6-5-7-15(12-14)23-11-4-3-10-21/h1-2,5-9,12-13H,3-4,11H2/b16-13+. The summed E-state index contributed by atoms with van der Waals surface area (Å²) in [7, 11) is 0. The molecule has 0 fully saturated rings. The normalized spacial score (nSPS) is 11.4. The molecule has 0 amide bonds. The predicted octanol–water partition coefficient (Wildman–Crippen LogP) is 5.72. The van der Waals surface area contributed by atoms with Crippen LogP contribution in [0.15, 0.2) is 48.5 Å². The van der Waals surface area contributed by atoms with Crippen LogP contribution in [-0.2, 0) is 0 Å². The van der Waals surface area contributed by atoms with E-state index in [1.54, 1.807) is 11.3 Å². The van der Waals surface area contributed by atoms with Crippen LogP contribution in [0.2, 0.25) is 0 Å². The van der Waals surface area contributed by atoms with Crippen LogP contribution in [0.5, 0.6) is 5.75 Å². The monoisotopic (exact) mass is 354 g/mol. The summed E-state index contributed by atoms with van der Waals surface area (Å²) >= 11 is 8.02. The Hall–Kier alpha value is -2.35. The number of benzene rings is 2. The fourth-order valence-corrected chi connectivity index (χ4v) is 3.38. The molecule has 0 radical (unpaired) electrons. The molecule has 5 heteroatoms. The number of thiazole rings is 1. The van der Waals surface area contributed by atoms with Crippen molar-refractivity contribution >= 4 is 44.3 Å². The molecule has 120 valence electrons. The van der Waals surface area contributed by atoms with Gasteiger partial charge in [0.2, 0.25) is 0 Å². The lowest BCUT2D eigenvalue weighted by Crippen LogP contribution is -1.96. The second-order valence-corrected chi connectivity index (χ2v) is 6.60. The van der Waals surface area contributed by atoms with E-state index >= 15 is 0 Å². The molecule has 0 saturated carbocycles. The number of hydrogen-bond acceptors (Lipinski definition) is 4. The Kier molecular flexibility index (Phi) is 5.47. The molecule has 0 atom stereocenters. The quantitative estimate of drug-likeness (QED) is 0.532. The van der Waals surface area contributed by atoms with E-state index in [4.69, 9.17) is 21.6 Å². The van der Waals surface area contributed by atoms with E-state index < -0.39 is 0 Å². The van der Waals surface area contributed by atoms with Crippen LogP contribution in [0.25, 0.3) is 21.3 Å². The lowest BCUT2D eigenvalue weighted by atomic mass is 10.2. The van der Waals surface area contributed by atoms with Crippen LogP contribution >= 0.6 is 22.9 Å². The Balaban J connectivity index is 1.76. The third kappa shape index (κ3) is 4.14. The van der Waals surface area contributed by atoms with E-state index in [0.717, 1.165) is 33.0 Å². The van der Waals surface area contributed by atoms with Crippen LogP contribution in [0.4, 0.5) is 0 Å². The number of halogens is 1. The maximum atomic E-state index is 8.53. The lowest BCUT2D eigenvalue weighted by Gasteiger charge is -2.05. The SMILES string of the molecule is N#CCCCOc1cccc(/C=C(/Cl)c2nc3ccccc3s2)c1. The molecule has 24 heavy (non-hydrogen) atoms. The minimum absolute atomic E-state index is 0.503. The molecule has 0 unspecified atom stereocenters. The number of aromatic nitrogens is 1. The average molecular weight is 355 g/mol. The topological polar surface area (TPSA) is 45.9 Å². The van der Waals surface area contributed by atoms with Gasteiger partial charge in [-0.15, -0.1) is 11.3 Å². The van der Waals surface area contributed by atoms with Crippen molar-refractivity contribution in [3.63, 3.8) is 0 Å². The first kappa shape index (κ1) is 16.5. The number of fused-ring (bicyclic) bond motifs is 1. The maximum Gasteiger partial charge on any atom is 0.136 e. The average Bonchev–Trinajstić information content (AvgIpc) is 3.03. The van der Waals surface area contributed by atoms with Crippen LogP contribution < -0.4 is 4.74 Å². The number of nitrogens with zero attached hydrogens (tertiary/aromatic N) is 2. The Morgan fingerprint density at radius 2 is 2.12 bits per heavy atom. The molecule has 0 aliphatic heterocycles. The molecular formula is C19H15ClN2OS. The summed E-state index contributed by atoms with van der Waals surface area (Å²) in [4.78, 5) is 4.56. The van der Waals surface area contributed by atoms with Crippen LogP contribution in [0, 0.1) is 11.3 Å². The fraction of sp³-hybridized carbons (Fsp3) is 0.158. The lowest BCUT2D eigenvalue weighted by molar-refractivity contribution is 0.312. The molecule has 2 aromatic carbocycles. The first-order valence-corrected chi connectivity index (χ1v) is 8.78. The van der Waals surface area contributed by atoms with E-state index in [2.05, 4.69) is 11.1 Å². The highest BCUT2D eigenvalue weighted by molar-refractivity contribution is 7.20. The summed E-state index contributed by atoms with van der Waals surface area (Å²) in [5, 5.41) is 9.95. The highest BCUT2D eigenvalue weighted by atomic mass is 35.5. The number of rotatable bonds is 6. The molecule has 3 aromatic rings. The molecule has 0 saturated heterocycles. The van der Waals surface area contributed by atoms with Gasteiger partial charge in [-0.1, -0.05) is 35.9 Å². The van der Waals surface area contributed by atoms with E-state index in [0.29, 0.717) is 18.1 Å². The van der Waals surface area contributed by atoms with Gasteiger partial charge in [0.1, 0.15) is 10.8 Å². The summed E-state index contributed by atoms with van der Waals surface area (Å²) in [6.45, 7) is 0.534. The van der Waals surface area contributed by atoms with Crippen LogP contribution in [0.1, 0.15) is 23.4 Å². The zero-order chi connectivity index (χ0) is 16.8. The van der Waals surface area contributed by atoms with Gasteiger partial charge in [-0.3, -0.25) is 0 Å².